The van der Waals surface area contributed by atoms with E-state index in [0.717, 1.165) is 19.4 Å². The van der Waals surface area contributed by atoms with Crippen molar-refractivity contribution < 1.29 is 9.84 Å². The second kappa shape index (κ2) is 3.43. The van der Waals surface area contributed by atoms with Gasteiger partial charge in [0.1, 0.15) is 12.4 Å². The number of hydrogen-bond acceptors (Lipinski definition) is 4. The van der Waals surface area contributed by atoms with Crippen LogP contribution < -0.4 is 0 Å². The van der Waals surface area contributed by atoms with Crippen LogP contribution in [0.1, 0.15) is 24.8 Å². The van der Waals surface area contributed by atoms with Crippen molar-refractivity contribution in [2.45, 2.75) is 25.0 Å². The number of nitrogens with zero attached hydrogens (tertiary/aromatic N) is 3. The lowest BCUT2D eigenvalue weighted by Crippen LogP contribution is -2.20. The van der Waals surface area contributed by atoms with E-state index in [1.54, 1.807) is 11.7 Å². The summed E-state index contributed by atoms with van der Waals surface area (Å²) in [6.07, 6.45) is 2.60. The summed E-state index contributed by atoms with van der Waals surface area (Å²) in [4.78, 5) is 3.98. The average molecular weight is 183 g/mol. The third-order valence-electron chi connectivity index (χ3n) is 2.33. The molecular formula is C8H13N3O2. The van der Waals surface area contributed by atoms with Crippen molar-refractivity contribution in [2.24, 2.45) is 7.05 Å². The van der Waals surface area contributed by atoms with Crippen LogP contribution in [-0.4, -0.2) is 32.6 Å². The largest absolute Gasteiger partial charge is 0.382 e. The molecule has 5 heteroatoms. The Balaban J connectivity index is 2.12. The van der Waals surface area contributed by atoms with Crippen LogP contribution in [0.25, 0.3) is 0 Å². The molecule has 2 heterocycles. The highest BCUT2D eigenvalue weighted by Gasteiger charge is 2.28. The Morgan fingerprint density at radius 1 is 1.77 bits per heavy atom. The van der Waals surface area contributed by atoms with Crippen molar-refractivity contribution in [1.82, 2.24) is 14.8 Å². The Morgan fingerprint density at radius 2 is 2.62 bits per heavy atom. The summed E-state index contributed by atoms with van der Waals surface area (Å²) in [5.41, 5.74) is 0. The summed E-state index contributed by atoms with van der Waals surface area (Å²) in [5.74, 6) is 0.576. The number of ether oxygens (including phenoxy) is 1. The normalized spacial score (nSPS) is 24.9. The van der Waals surface area contributed by atoms with Crippen LogP contribution in [0.5, 0.6) is 0 Å². The average Bonchev–Trinajstić information content (AvgIpc) is 2.72. The molecule has 72 valence electrons. The highest BCUT2D eigenvalue weighted by molar-refractivity contribution is 4.94. The molecule has 2 unspecified atom stereocenters. The number of hydrogen-bond donors (Lipinski definition) is 1. The van der Waals surface area contributed by atoms with Crippen LogP contribution in [0.4, 0.5) is 0 Å². The molecule has 2 rings (SSSR count). The Bertz CT molecular complexity index is 281. The molecule has 5 nitrogen and oxygen atoms in total. The number of aliphatic hydroxyl groups excluding tert-OH is 1. The lowest BCUT2D eigenvalue weighted by atomic mass is 10.1. The first kappa shape index (κ1) is 8.65. The molecule has 0 spiro atoms. The highest BCUT2D eigenvalue weighted by atomic mass is 16.5. The first-order chi connectivity index (χ1) is 6.29. The first-order valence-electron chi connectivity index (χ1n) is 4.42. The number of aryl methyl sites for hydroxylation is 1. The fourth-order valence-corrected chi connectivity index (χ4v) is 1.59. The van der Waals surface area contributed by atoms with Gasteiger partial charge in [0.05, 0.1) is 6.10 Å². The SMILES string of the molecule is Cn1ncnc1C(O)C1CCCO1. The van der Waals surface area contributed by atoms with Gasteiger partial charge in [-0.05, 0) is 12.8 Å². The van der Waals surface area contributed by atoms with Gasteiger partial charge in [-0.25, -0.2) is 4.98 Å². The van der Waals surface area contributed by atoms with Gasteiger partial charge in [0.2, 0.25) is 0 Å². The van der Waals surface area contributed by atoms with Crippen molar-refractivity contribution >= 4 is 0 Å². The van der Waals surface area contributed by atoms with E-state index in [2.05, 4.69) is 10.1 Å². The Labute approximate surface area is 76.3 Å². The van der Waals surface area contributed by atoms with Crippen molar-refractivity contribution in [1.29, 1.82) is 0 Å². The molecule has 1 aliphatic heterocycles. The van der Waals surface area contributed by atoms with Crippen molar-refractivity contribution in [3.8, 4) is 0 Å². The van der Waals surface area contributed by atoms with Gasteiger partial charge in [0.15, 0.2) is 5.82 Å². The summed E-state index contributed by atoms with van der Waals surface area (Å²) in [5, 5.41) is 13.7. The van der Waals surface area contributed by atoms with Crippen LogP contribution in [0.15, 0.2) is 6.33 Å². The zero-order valence-electron chi connectivity index (χ0n) is 7.55. The summed E-state index contributed by atoms with van der Waals surface area (Å²) < 4.78 is 6.94. The van der Waals surface area contributed by atoms with Gasteiger partial charge in [0, 0.05) is 13.7 Å². The molecule has 1 saturated heterocycles. The topological polar surface area (TPSA) is 60.2 Å². The quantitative estimate of drug-likeness (QED) is 0.702. The molecule has 0 radical (unpaired) electrons. The van der Waals surface area contributed by atoms with E-state index in [0.29, 0.717) is 5.82 Å². The Kier molecular flexibility index (Phi) is 2.28. The second-order valence-electron chi connectivity index (χ2n) is 3.24. The van der Waals surface area contributed by atoms with Gasteiger partial charge >= 0.3 is 0 Å². The van der Waals surface area contributed by atoms with Crippen molar-refractivity contribution in [3.63, 3.8) is 0 Å². The van der Waals surface area contributed by atoms with Gasteiger partial charge in [-0.2, -0.15) is 5.10 Å². The summed E-state index contributed by atoms with van der Waals surface area (Å²) in [6, 6.07) is 0. The number of aliphatic hydroxyl groups is 1. The van der Waals surface area contributed by atoms with Gasteiger partial charge in [-0.1, -0.05) is 0 Å². The number of rotatable bonds is 2. The van der Waals surface area contributed by atoms with E-state index in [-0.39, 0.29) is 6.10 Å². The Morgan fingerprint density at radius 3 is 3.15 bits per heavy atom. The van der Waals surface area contributed by atoms with Crippen molar-refractivity contribution in [3.05, 3.63) is 12.2 Å². The van der Waals surface area contributed by atoms with Gasteiger partial charge in [0.25, 0.3) is 0 Å². The fraction of sp³-hybridized carbons (Fsp3) is 0.750. The van der Waals surface area contributed by atoms with Crippen LogP contribution in [0.3, 0.4) is 0 Å². The molecule has 0 aromatic carbocycles. The minimum atomic E-state index is -0.644. The van der Waals surface area contributed by atoms with E-state index >= 15 is 0 Å². The van der Waals surface area contributed by atoms with E-state index in [1.165, 1.54) is 6.33 Å². The van der Waals surface area contributed by atoms with Gasteiger partial charge < -0.3 is 9.84 Å². The lowest BCUT2D eigenvalue weighted by molar-refractivity contribution is -0.00870. The highest BCUT2D eigenvalue weighted by Crippen LogP contribution is 2.24. The van der Waals surface area contributed by atoms with Crippen LogP contribution in [-0.2, 0) is 11.8 Å². The molecule has 2 atom stereocenters. The van der Waals surface area contributed by atoms with E-state index in [4.69, 9.17) is 4.74 Å². The summed E-state index contributed by atoms with van der Waals surface area (Å²) >= 11 is 0. The molecule has 1 N–H and O–H groups in total. The zero-order chi connectivity index (χ0) is 9.26. The van der Waals surface area contributed by atoms with Crippen LogP contribution >= 0.6 is 0 Å². The van der Waals surface area contributed by atoms with Crippen LogP contribution in [0.2, 0.25) is 0 Å². The maximum atomic E-state index is 9.84. The molecule has 1 fully saturated rings. The molecule has 0 amide bonds. The molecule has 13 heavy (non-hydrogen) atoms. The van der Waals surface area contributed by atoms with E-state index in [9.17, 15) is 5.11 Å². The Hall–Kier alpha value is -0.940. The molecule has 1 aliphatic rings. The minimum absolute atomic E-state index is 0.108. The predicted molar refractivity (Wildman–Crippen MR) is 44.9 cm³/mol. The van der Waals surface area contributed by atoms with E-state index < -0.39 is 6.10 Å². The molecule has 1 aromatic heterocycles. The van der Waals surface area contributed by atoms with Crippen molar-refractivity contribution in [2.75, 3.05) is 6.61 Å². The van der Waals surface area contributed by atoms with Crippen LogP contribution in [0, 0.1) is 0 Å². The molecule has 1 aromatic rings. The zero-order valence-corrected chi connectivity index (χ0v) is 7.55. The summed E-state index contributed by atoms with van der Waals surface area (Å²) in [6.45, 7) is 0.736. The van der Waals surface area contributed by atoms with Gasteiger partial charge in [-0.15, -0.1) is 0 Å². The van der Waals surface area contributed by atoms with E-state index in [1.807, 2.05) is 0 Å². The third kappa shape index (κ3) is 1.57. The molecular weight excluding hydrogens is 170 g/mol. The fourth-order valence-electron chi connectivity index (χ4n) is 1.59. The predicted octanol–water partition coefficient (Wildman–Crippen LogP) is 0.0275. The standard InChI is InChI=1S/C8H13N3O2/c1-11-8(9-5-10-11)7(12)6-3-2-4-13-6/h5-7,12H,2-4H2,1H3. The minimum Gasteiger partial charge on any atom is -0.382 e. The third-order valence-corrected chi connectivity index (χ3v) is 2.33. The molecule has 0 aliphatic carbocycles. The maximum absolute atomic E-state index is 9.84. The number of aromatic nitrogens is 3. The van der Waals surface area contributed by atoms with Gasteiger partial charge in [-0.3, -0.25) is 4.68 Å². The first-order valence-corrected chi connectivity index (χ1v) is 4.42. The molecule has 0 bridgehead atoms. The summed E-state index contributed by atoms with van der Waals surface area (Å²) in [7, 11) is 1.76. The lowest BCUT2D eigenvalue weighted by Gasteiger charge is -2.15. The monoisotopic (exact) mass is 183 g/mol. The maximum Gasteiger partial charge on any atom is 0.158 e. The smallest absolute Gasteiger partial charge is 0.158 e. The molecule has 0 saturated carbocycles. The second-order valence-corrected chi connectivity index (χ2v) is 3.24.